The third-order valence-electron chi connectivity index (χ3n) is 4.80. The monoisotopic (exact) mass is 427 g/mol. The summed E-state index contributed by atoms with van der Waals surface area (Å²) < 4.78 is 5.50. The first-order valence-electron chi connectivity index (χ1n) is 9.38. The minimum Gasteiger partial charge on any atom is -0.378 e. The van der Waals surface area contributed by atoms with Crippen molar-refractivity contribution < 1.29 is 4.74 Å². The van der Waals surface area contributed by atoms with Gasteiger partial charge in [-0.05, 0) is 24.2 Å². The number of hydrogen-bond donors (Lipinski definition) is 1. The van der Waals surface area contributed by atoms with E-state index in [4.69, 9.17) is 26.3 Å². The second-order valence-corrected chi connectivity index (χ2v) is 8.01. The molecule has 29 heavy (non-hydrogen) atoms. The molecule has 4 aromatic rings. The second kappa shape index (κ2) is 7.74. The van der Waals surface area contributed by atoms with E-state index in [0.29, 0.717) is 29.0 Å². The summed E-state index contributed by atoms with van der Waals surface area (Å²) in [5.74, 6) is 0.843. The molecule has 1 saturated heterocycles. The number of rotatable bonds is 4. The standard InChI is InChI=1S/C19H18ClN7OS/c1-2-12-15(20)14-17(24-12)25-19(26-18(14)27-5-7-28-8-6-27)29-11-9-13-16(23-10-11)22-4-3-21-13/h3-4,9-10H,2,5-8H2,1H3,(H,24,25,26). The molecule has 0 amide bonds. The summed E-state index contributed by atoms with van der Waals surface area (Å²) in [4.78, 5) is 29.0. The highest BCUT2D eigenvalue weighted by atomic mass is 35.5. The first-order valence-corrected chi connectivity index (χ1v) is 10.6. The molecule has 148 valence electrons. The van der Waals surface area contributed by atoms with Crippen molar-refractivity contribution in [1.29, 1.82) is 0 Å². The van der Waals surface area contributed by atoms with Gasteiger partial charge in [-0.3, -0.25) is 4.98 Å². The number of aryl methyl sites for hydroxylation is 1. The highest BCUT2D eigenvalue weighted by Crippen LogP contribution is 2.37. The molecule has 10 heteroatoms. The molecule has 0 bridgehead atoms. The predicted octanol–water partition coefficient (Wildman–Crippen LogP) is 3.50. The minimum atomic E-state index is 0.617. The van der Waals surface area contributed by atoms with Crippen molar-refractivity contribution >= 4 is 51.4 Å². The molecule has 4 aromatic heterocycles. The summed E-state index contributed by atoms with van der Waals surface area (Å²) in [5, 5.41) is 2.20. The fraction of sp³-hybridized carbons (Fsp3) is 0.316. The fourth-order valence-electron chi connectivity index (χ4n) is 3.36. The molecular formula is C19H18ClN7OS. The summed E-state index contributed by atoms with van der Waals surface area (Å²) in [5.41, 5.74) is 3.07. The topological polar surface area (TPSA) is 92.7 Å². The number of halogens is 1. The maximum absolute atomic E-state index is 6.66. The maximum atomic E-state index is 6.66. The summed E-state index contributed by atoms with van der Waals surface area (Å²) in [6, 6.07) is 1.95. The number of anilines is 1. The fourth-order valence-corrected chi connectivity index (χ4v) is 4.47. The first-order chi connectivity index (χ1) is 14.2. The van der Waals surface area contributed by atoms with Gasteiger partial charge in [0.05, 0.1) is 23.6 Å². The van der Waals surface area contributed by atoms with E-state index in [9.17, 15) is 0 Å². The Labute approximate surface area is 176 Å². The van der Waals surface area contributed by atoms with Crippen molar-refractivity contribution in [3.63, 3.8) is 0 Å². The Morgan fingerprint density at radius 2 is 2.00 bits per heavy atom. The molecule has 0 aliphatic carbocycles. The Hall–Kier alpha value is -2.49. The van der Waals surface area contributed by atoms with Gasteiger partial charge in [-0.15, -0.1) is 0 Å². The van der Waals surface area contributed by atoms with Gasteiger partial charge in [0.1, 0.15) is 17.0 Å². The predicted molar refractivity (Wildman–Crippen MR) is 113 cm³/mol. The summed E-state index contributed by atoms with van der Waals surface area (Å²) >= 11 is 8.10. The van der Waals surface area contributed by atoms with Crippen LogP contribution in [-0.4, -0.2) is 56.2 Å². The Morgan fingerprint density at radius 1 is 1.17 bits per heavy atom. The van der Waals surface area contributed by atoms with E-state index in [1.807, 2.05) is 6.07 Å². The number of nitrogens with one attached hydrogen (secondary N) is 1. The largest absolute Gasteiger partial charge is 0.378 e. The van der Waals surface area contributed by atoms with Crippen LogP contribution in [0.4, 0.5) is 5.82 Å². The zero-order chi connectivity index (χ0) is 19.8. The zero-order valence-corrected chi connectivity index (χ0v) is 17.3. The number of hydrogen-bond acceptors (Lipinski definition) is 8. The number of aromatic amines is 1. The van der Waals surface area contributed by atoms with E-state index in [0.717, 1.165) is 52.5 Å². The number of aromatic nitrogens is 6. The van der Waals surface area contributed by atoms with Gasteiger partial charge in [0.2, 0.25) is 0 Å². The van der Waals surface area contributed by atoms with Crippen LogP contribution in [0.1, 0.15) is 12.6 Å². The SMILES string of the molecule is CCc1[nH]c2nc(Sc3cnc4nccnc4c3)nc(N3CCOCC3)c2c1Cl. The molecule has 8 nitrogen and oxygen atoms in total. The van der Waals surface area contributed by atoms with Gasteiger partial charge in [0.15, 0.2) is 10.8 Å². The highest BCUT2D eigenvalue weighted by Gasteiger charge is 2.22. The van der Waals surface area contributed by atoms with Crippen LogP contribution in [0.25, 0.3) is 22.2 Å². The van der Waals surface area contributed by atoms with E-state index >= 15 is 0 Å². The van der Waals surface area contributed by atoms with E-state index in [2.05, 4.69) is 31.8 Å². The van der Waals surface area contributed by atoms with Crippen molar-refractivity contribution in [2.24, 2.45) is 0 Å². The molecular weight excluding hydrogens is 410 g/mol. The molecule has 0 unspecified atom stereocenters. The molecule has 1 fully saturated rings. The van der Waals surface area contributed by atoms with Crippen LogP contribution >= 0.6 is 23.4 Å². The molecule has 1 aliphatic heterocycles. The van der Waals surface area contributed by atoms with Gasteiger partial charge in [-0.2, -0.15) is 0 Å². The van der Waals surface area contributed by atoms with Gasteiger partial charge in [-0.1, -0.05) is 18.5 Å². The van der Waals surface area contributed by atoms with Crippen LogP contribution in [0.15, 0.2) is 34.7 Å². The van der Waals surface area contributed by atoms with E-state index in [-0.39, 0.29) is 0 Å². The van der Waals surface area contributed by atoms with Crippen molar-refractivity contribution in [2.45, 2.75) is 23.4 Å². The molecule has 0 radical (unpaired) electrons. The lowest BCUT2D eigenvalue weighted by Gasteiger charge is -2.28. The van der Waals surface area contributed by atoms with Crippen LogP contribution in [0.3, 0.4) is 0 Å². The van der Waals surface area contributed by atoms with Gasteiger partial charge in [-0.25, -0.2) is 19.9 Å². The lowest BCUT2D eigenvalue weighted by atomic mass is 10.2. The number of ether oxygens (including phenoxy) is 1. The Morgan fingerprint density at radius 3 is 2.83 bits per heavy atom. The average Bonchev–Trinajstić information content (AvgIpc) is 3.09. The first kappa shape index (κ1) is 18.5. The number of pyridine rings is 1. The van der Waals surface area contributed by atoms with Crippen LogP contribution in [0, 0.1) is 0 Å². The summed E-state index contributed by atoms with van der Waals surface area (Å²) in [6.07, 6.45) is 5.86. The Bertz CT molecular complexity index is 1190. The number of fused-ring (bicyclic) bond motifs is 2. The molecule has 0 aromatic carbocycles. The van der Waals surface area contributed by atoms with E-state index in [1.54, 1.807) is 18.6 Å². The average molecular weight is 428 g/mol. The normalized spacial score (nSPS) is 14.8. The van der Waals surface area contributed by atoms with E-state index in [1.165, 1.54) is 11.8 Å². The molecule has 0 atom stereocenters. The quantitative estimate of drug-likeness (QED) is 0.494. The van der Waals surface area contributed by atoms with Crippen molar-refractivity contribution in [2.75, 3.05) is 31.2 Å². The third kappa shape index (κ3) is 3.50. The summed E-state index contributed by atoms with van der Waals surface area (Å²) in [7, 11) is 0. The Balaban J connectivity index is 1.59. The second-order valence-electron chi connectivity index (χ2n) is 6.60. The van der Waals surface area contributed by atoms with Crippen LogP contribution in [0.5, 0.6) is 0 Å². The lowest BCUT2D eigenvalue weighted by Crippen LogP contribution is -2.37. The molecule has 0 spiro atoms. The van der Waals surface area contributed by atoms with Crippen LogP contribution in [-0.2, 0) is 11.2 Å². The van der Waals surface area contributed by atoms with Gasteiger partial charge in [0, 0.05) is 42.3 Å². The number of H-pyrrole nitrogens is 1. The van der Waals surface area contributed by atoms with Crippen molar-refractivity contribution in [1.82, 2.24) is 29.9 Å². The number of nitrogens with zero attached hydrogens (tertiary/aromatic N) is 6. The molecule has 0 saturated carbocycles. The molecule has 5 heterocycles. The lowest BCUT2D eigenvalue weighted by molar-refractivity contribution is 0.122. The minimum absolute atomic E-state index is 0.617. The third-order valence-corrected chi connectivity index (χ3v) is 6.04. The maximum Gasteiger partial charge on any atom is 0.196 e. The summed E-state index contributed by atoms with van der Waals surface area (Å²) in [6.45, 7) is 4.95. The van der Waals surface area contributed by atoms with Gasteiger partial charge < -0.3 is 14.6 Å². The van der Waals surface area contributed by atoms with Crippen molar-refractivity contribution in [3.8, 4) is 0 Å². The van der Waals surface area contributed by atoms with Gasteiger partial charge in [0.25, 0.3) is 0 Å². The smallest absolute Gasteiger partial charge is 0.196 e. The molecule has 5 rings (SSSR count). The Kier molecular flexibility index (Phi) is 4.94. The zero-order valence-electron chi connectivity index (χ0n) is 15.7. The van der Waals surface area contributed by atoms with Crippen LogP contribution in [0.2, 0.25) is 5.02 Å². The van der Waals surface area contributed by atoms with Crippen LogP contribution < -0.4 is 4.90 Å². The van der Waals surface area contributed by atoms with E-state index < -0.39 is 0 Å². The number of morpholine rings is 1. The molecule has 1 N–H and O–H groups in total. The van der Waals surface area contributed by atoms with Crippen molar-refractivity contribution in [3.05, 3.63) is 35.4 Å². The molecule has 1 aliphatic rings. The highest BCUT2D eigenvalue weighted by molar-refractivity contribution is 7.99. The van der Waals surface area contributed by atoms with Gasteiger partial charge >= 0.3 is 0 Å².